The molecular formula is C19H22ClN7O6. The van der Waals surface area contributed by atoms with E-state index in [0.717, 1.165) is 0 Å². The summed E-state index contributed by atoms with van der Waals surface area (Å²) >= 11 is 0. The Bertz CT molecular complexity index is 1130. The van der Waals surface area contributed by atoms with Crippen LogP contribution in [0.3, 0.4) is 0 Å². The van der Waals surface area contributed by atoms with Gasteiger partial charge in [-0.05, 0) is 30.7 Å². The fraction of sp³-hybridized carbons (Fsp3) is 0.263. The largest absolute Gasteiger partial charge is 0.481 e. The zero-order valence-electron chi connectivity index (χ0n) is 17.1. The number of rotatable bonds is 9. The lowest BCUT2D eigenvalue weighted by Crippen LogP contribution is -2.41. The molecule has 33 heavy (non-hydrogen) atoms. The number of benzene rings is 1. The Balaban J connectivity index is 0.00000385. The van der Waals surface area contributed by atoms with E-state index in [2.05, 4.69) is 30.9 Å². The highest BCUT2D eigenvalue weighted by Gasteiger charge is 2.21. The van der Waals surface area contributed by atoms with Gasteiger partial charge in [0.1, 0.15) is 6.04 Å². The SMILES string of the molecule is Cl.Nc1nc2c(c(=O)[nH]1)N=C(CNc1ccc(C(=O)N[C@@H](CCC(=O)O)C(=O)O)cc1)CN2. The standard InChI is InChI=1S/C19H21N7O6.ClH/c20-19-25-15-14(17(30)26-19)23-11(8-22-15)7-21-10-3-1-9(2-4-10)16(29)24-12(18(31)32)5-6-13(27)28;/h1-4,12,21H,5-8H2,(H,24,29)(H,27,28)(H,31,32)(H4,20,22,25,26,30);1H/t12-;/m0./s1. The van der Waals surface area contributed by atoms with E-state index in [1.54, 1.807) is 12.1 Å². The van der Waals surface area contributed by atoms with Crippen LogP contribution in [0, 0.1) is 0 Å². The number of aromatic amines is 1. The number of nitrogen functional groups attached to an aromatic ring is 1. The van der Waals surface area contributed by atoms with E-state index in [-0.39, 0.29) is 42.4 Å². The first-order valence-corrected chi connectivity index (χ1v) is 9.52. The van der Waals surface area contributed by atoms with E-state index in [0.29, 0.717) is 30.3 Å². The van der Waals surface area contributed by atoms with Crippen molar-refractivity contribution in [1.29, 1.82) is 0 Å². The summed E-state index contributed by atoms with van der Waals surface area (Å²) in [6.45, 7) is 0.682. The first-order valence-electron chi connectivity index (χ1n) is 9.52. The Hall–Kier alpha value is -4.13. The van der Waals surface area contributed by atoms with Gasteiger partial charge >= 0.3 is 11.9 Å². The van der Waals surface area contributed by atoms with E-state index in [1.807, 2.05) is 0 Å². The number of nitrogens with zero attached hydrogens (tertiary/aromatic N) is 2. The molecule has 0 fully saturated rings. The second-order valence-electron chi connectivity index (χ2n) is 6.91. The van der Waals surface area contributed by atoms with Gasteiger partial charge in [0.05, 0.1) is 18.8 Å². The lowest BCUT2D eigenvalue weighted by Gasteiger charge is -2.17. The number of hydrogen-bond donors (Lipinski definition) is 7. The molecule has 0 saturated carbocycles. The third-order valence-electron chi connectivity index (χ3n) is 4.54. The van der Waals surface area contributed by atoms with Crippen molar-refractivity contribution in [3.05, 3.63) is 40.2 Å². The molecule has 8 N–H and O–H groups in total. The third-order valence-corrected chi connectivity index (χ3v) is 4.54. The summed E-state index contributed by atoms with van der Waals surface area (Å²) in [5.74, 6) is -2.77. The molecule has 0 radical (unpaired) electrons. The number of halogens is 1. The number of aliphatic imine (C=N–C) groups is 1. The number of nitrogens with one attached hydrogen (secondary N) is 4. The number of amides is 1. The number of aromatic nitrogens is 2. The van der Waals surface area contributed by atoms with Gasteiger partial charge in [-0.15, -0.1) is 12.4 Å². The van der Waals surface area contributed by atoms with Gasteiger partial charge < -0.3 is 31.9 Å². The molecule has 0 saturated heterocycles. The number of carbonyl (C=O) groups is 3. The lowest BCUT2D eigenvalue weighted by atomic mass is 10.1. The van der Waals surface area contributed by atoms with Gasteiger partial charge in [-0.2, -0.15) is 4.98 Å². The predicted molar refractivity (Wildman–Crippen MR) is 123 cm³/mol. The molecule has 1 aromatic heterocycles. The maximum absolute atomic E-state index is 12.3. The van der Waals surface area contributed by atoms with Crippen LogP contribution in [0.1, 0.15) is 23.2 Å². The minimum atomic E-state index is -1.31. The lowest BCUT2D eigenvalue weighted by molar-refractivity contribution is -0.140. The first-order chi connectivity index (χ1) is 15.2. The van der Waals surface area contributed by atoms with Gasteiger partial charge in [0, 0.05) is 17.7 Å². The molecule has 0 spiro atoms. The Labute approximate surface area is 192 Å². The number of carboxylic acid groups (broad SMARTS) is 2. The van der Waals surface area contributed by atoms with Crippen molar-refractivity contribution in [2.24, 2.45) is 4.99 Å². The monoisotopic (exact) mass is 479 g/mol. The molecule has 0 unspecified atom stereocenters. The van der Waals surface area contributed by atoms with Crippen LogP contribution >= 0.6 is 12.4 Å². The van der Waals surface area contributed by atoms with Gasteiger partial charge in [0.25, 0.3) is 11.5 Å². The van der Waals surface area contributed by atoms with Crippen molar-refractivity contribution in [2.75, 3.05) is 29.5 Å². The van der Waals surface area contributed by atoms with Crippen LogP contribution in [0.2, 0.25) is 0 Å². The number of hydrogen-bond acceptors (Lipinski definition) is 9. The van der Waals surface area contributed by atoms with Gasteiger partial charge in [-0.25, -0.2) is 9.79 Å². The zero-order chi connectivity index (χ0) is 23.3. The molecule has 3 rings (SSSR count). The molecule has 1 aliphatic heterocycles. The number of carboxylic acids is 2. The minimum absolute atomic E-state index is 0. The number of H-pyrrole nitrogens is 1. The summed E-state index contributed by atoms with van der Waals surface area (Å²) in [5, 5.41) is 26.2. The van der Waals surface area contributed by atoms with Crippen LogP contribution in [0.5, 0.6) is 0 Å². The van der Waals surface area contributed by atoms with Crippen LogP contribution < -0.4 is 27.2 Å². The number of nitrogens with two attached hydrogens (primary N) is 1. The second kappa shape index (κ2) is 10.9. The summed E-state index contributed by atoms with van der Waals surface area (Å²) in [4.78, 5) is 56.7. The summed E-state index contributed by atoms with van der Waals surface area (Å²) in [5.41, 5.74) is 6.74. The van der Waals surface area contributed by atoms with Gasteiger partial charge in [0.2, 0.25) is 5.95 Å². The van der Waals surface area contributed by atoms with Gasteiger partial charge in [0.15, 0.2) is 11.5 Å². The third kappa shape index (κ3) is 6.67. The van der Waals surface area contributed by atoms with Crippen molar-refractivity contribution in [1.82, 2.24) is 15.3 Å². The average Bonchev–Trinajstić information content (AvgIpc) is 2.75. The molecule has 2 aromatic rings. The van der Waals surface area contributed by atoms with Crippen molar-refractivity contribution >= 4 is 59.1 Å². The summed E-state index contributed by atoms with van der Waals surface area (Å²) in [6.07, 6.45) is -0.598. The number of aliphatic carboxylic acids is 2. The van der Waals surface area contributed by atoms with Crippen LogP contribution in [0.25, 0.3) is 0 Å². The molecule has 1 amide bonds. The Morgan fingerprint density at radius 1 is 1.18 bits per heavy atom. The van der Waals surface area contributed by atoms with E-state index in [9.17, 15) is 19.2 Å². The van der Waals surface area contributed by atoms with Crippen LogP contribution in [0.15, 0.2) is 34.1 Å². The molecular weight excluding hydrogens is 458 g/mol. The second-order valence-corrected chi connectivity index (χ2v) is 6.91. The minimum Gasteiger partial charge on any atom is -0.481 e. The smallest absolute Gasteiger partial charge is 0.326 e. The average molecular weight is 480 g/mol. The van der Waals surface area contributed by atoms with E-state index in [4.69, 9.17) is 15.9 Å². The van der Waals surface area contributed by atoms with Crippen molar-refractivity contribution < 1.29 is 24.6 Å². The Morgan fingerprint density at radius 3 is 2.52 bits per heavy atom. The van der Waals surface area contributed by atoms with Crippen molar-refractivity contribution in [2.45, 2.75) is 18.9 Å². The number of carbonyl (C=O) groups excluding carboxylic acids is 1. The summed E-state index contributed by atoms with van der Waals surface area (Å²) in [7, 11) is 0. The number of fused-ring (bicyclic) bond motifs is 1. The predicted octanol–water partition coefficient (Wildman–Crippen LogP) is 0.432. The topological polar surface area (TPSA) is 212 Å². The molecule has 1 atom stereocenters. The van der Waals surface area contributed by atoms with Gasteiger partial charge in [-0.3, -0.25) is 19.4 Å². The molecule has 13 nitrogen and oxygen atoms in total. The Morgan fingerprint density at radius 2 is 1.88 bits per heavy atom. The maximum atomic E-state index is 12.3. The molecule has 176 valence electrons. The van der Waals surface area contributed by atoms with E-state index < -0.39 is 29.4 Å². The van der Waals surface area contributed by atoms with Crippen molar-refractivity contribution in [3.63, 3.8) is 0 Å². The molecule has 0 aliphatic carbocycles. The fourth-order valence-corrected chi connectivity index (χ4v) is 2.91. The fourth-order valence-electron chi connectivity index (χ4n) is 2.91. The molecule has 14 heteroatoms. The van der Waals surface area contributed by atoms with E-state index >= 15 is 0 Å². The molecule has 1 aromatic carbocycles. The van der Waals surface area contributed by atoms with E-state index in [1.165, 1.54) is 12.1 Å². The highest BCUT2D eigenvalue weighted by atomic mass is 35.5. The Kier molecular flexibility index (Phi) is 8.34. The van der Waals surface area contributed by atoms with Gasteiger partial charge in [-0.1, -0.05) is 0 Å². The first kappa shape index (κ1) is 25.1. The van der Waals surface area contributed by atoms with Crippen LogP contribution in [0.4, 0.5) is 23.1 Å². The quantitative estimate of drug-likeness (QED) is 0.263. The normalized spacial score (nSPS) is 12.8. The molecule has 2 heterocycles. The number of anilines is 3. The maximum Gasteiger partial charge on any atom is 0.326 e. The molecule has 1 aliphatic rings. The van der Waals surface area contributed by atoms with Crippen LogP contribution in [-0.2, 0) is 9.59 Å². The van der Waals surface area contributed by atoms with Crippen LogP contribution in [-0.4, -0.2) is 62.9 Å². The molecule has 0 bridgehead atoms. The highest BCUT2D eigenvalue weighted by Crippen LogP contribution is 2.21. The van der Waals surface area contributed by atoms with Crippen molar-refractivity contribution in [3.8, 4) is 0 Å². The summed E-state index contributed by atoms with van der Waals surface area (Å²) < 4.78 is 0. The highest BCUT2D eigenvalue weighted by molar-refractivity contribution is 5.98. The summed E-state index contributed by atoms with van der Waals surface area (Å²) in [6, 6.07) is 4.95. The zero-order valence-corrected chi connectivity index (χ0v) is 17.9.